The second-order valence-corrected chi connectivity index (χ2v) is 5.67. The Morgan fingerprint density at radius 3 is 2.50 bits per heavy atom. The van der Waals surface area contributed by atoms with Crippen molar-refractivity contribution >= 4 is 5.97 Å². The minimum atomic E-state index is -1.06. The zero-order valence-corrected chi connectivity index (χ0v) is 13.8. The Labute approximate surface area is 140 Å². The molecule has 0 atom stereocenters. The maximum Gasteiger partial charge on any atom is 0.356 e. The highest BCUT2D eigenvalue weighted by molar-refractivity contribution is 5.87. The summed E-state index contributed by atoms with van der Waals surface area (Å²) in [7, 11) is 1.60. The van der Waals surface area contributed by atoms with Gasteiger partial charge in [0.05, 0.1) is 18.5 Å². The molecular weight excluding hydrogens is 304 g/mol. The molecule has 0 fully saturated rings. The number of carbonyl (C=O) groups is 1. The molecule has 0 aliphatic heterocycles. The zero-order valence-electron chi connectivity index (χ0n) is 13.8. The van der Waals surface area contributed by atoms with E-state index in [2.05, 4.69) is 5.10 Å². The third kappa shape index (κ3) is 2.88. The van der Waals surface area contributed by atoms with Crippen LogP contribution in [0.5, 0.6) is 5.75 Å². The summed E-state index contributed by atoms with van der Waals surface area (Å²) in [6.45, 7) is 3.96. The smallest absolute Gasteiger partial charge is 0.356 e. The molecule has 0 unspecified atom stereocenters. The Morgan fingerprint density at radius 1 is 1.08 bits per heavy atom. The summed E-state index contributed by atoms with van der Waals surface area (Å²) in [5, 5.41) is 13.6. The second-order valence-electron chi connectivity index (χ2n) is 5.67. The highest BCUT2D eigenvalue weighted by Crippen LogP contribution is 2.33. The maximum absolute atomic E-state index is 11.4. The molecule has 0 spiro atoms. The SMILES string of the molecule is COc1ccc(C)cc1-c1cc(C(=O)O)nn1-c1cccc(C)c1. The highest BCUT2D eigenvalue weighted by atomic mass is 16.5. The first kappa shape index (κ1) is 15.8. The molecule has 3 aromatic rings. The third-order valence-electron chi connectivity index (χ3n) is 3.81. The monoisotopic (exact) mass is 322 g/mol. The van der Waals surface area contributed by atoms with Crippen LogP contribution in [0.15, 0.2) is 48.5 Å². The fraction of sp³-hybridized carbons (Fsp3) is 0.158. The van der Waals surface area contributed by atoms with E-state index in [1.165, 1.54) is 0 Å². The molecule has 1 heterocycles. The fourth-order valence-electron chi connectivity index (χ4n) is 2.66. The van der Waals surface area contributed by atoms with Crippen molar-refractivity contribution in [3.63, 3.8) is 0 Å². The van der Waals surface area contributed by atoms with Crippen molar-refractivity contribution < 1.29 is 14.6 Å². The Bertz CT molecular complexity index is 913. The van der Waals surface area contributed by atoms with Crippen LogP contribution in [-0.2, 0) is 0 Å². The Morgan fingerprint density at radius 2 is 1.83 bits per heavy atom. The molecule has 5 heteroatoms. The van der Waals surface area contributed by atoms with Crippen LogP contribution < -0.4 is 4.74 Å². The molecule has 1 N–H and O–H groups in total. The van der Waals surface area contributed by atoms with Gasteiger partial charge in [0.15, 0.2) is 5.69 Å². The van der Waals surface area contributed by atoms with Crippen LogP contribution in [0.3, 0.4) is 0 Å². The van der Waals surface area contributed by atoms with Crippen molar-refractivity contribution in [1.29, 1.82) is 0 Å². The quantitative estimate of drug-likeness (QED) is 0.792. The van der Waals surface area contributed by atoms with E-state index >= 15 is 0 Å². The zero-order chi connectivity index (χ0) is 17.3. The average molecular weight is 322 g/mol. The Balaban J connectivity index is 2.28. The van der Waals surface area contributed by atoms with Gasteiger partial charge < -0.3 is 9.84 Å². The normalized spacial score (nSPS) is 10.6. The Hall–Kier alpha value is -3.08. The minimum Gasteiger partial charge on any atom is -0.496 e. The summed E-state index contributed by atoms with van der Waals surface area (Å²) in [5.74, 6) is -0.388. The summed E-state index contributed by atoms with van der Waals surface area (Å²) in [5.41, 5.74) is 4.41. The average Bonchev–Trinajstić information content (AvgIpc) is 3.00. The molecule has 0 bridgehead atoms. The van der Waals surface area contributed by atoms with Gasteiger partial charge in [-0.2, -0.15) is 5.10 Å². The molecule has 122 valence electrons. The predicted octanol–water partition coefficient (Wildman–Crippen LogP) is 3.86. The standard InChI is InChI=1S/C19H18N2O3/c1-12-5-4-6-14(9-12)21-17(11-16(20-21)19(22)23)15-10-13(2)7-8-18(15)24-3/h4-11H,1-3H3,(H,22,23). The predicted molar refractivity (Wildman–Crippen MR) is 92.0 cm³/mol. The molecule has 0 aliphatic rings. The van der Waals surface area contributed by atoms with E-state index in [1.807, 2.05) is 56.3 Å². The molecule has 1 aromatic heterocycles. The van der Waals surface area contributed by atoms with Gasteiger partial charge in [-0.15, -0.1) is 0 Å². The molecule has 3 rings (SSSR count). The molecule has 0 saturated heterocycles. The van der Waals surface area contributed by atoms with Crippen LogP contribution in [0, 0.1) is 13.8 Å². The molecule has 5 nitrogen and oxygen atoms in total. The van der Waals surface area contributed by atoms with E-state index in [1.54, 1.807) is 17.9 Å². The van der Waals surface area contributed by atoms with E-state index < -0.39 is 5.97 Å². The number of benzene rings is 2. The maximum atomic E-state index is 11.4. The van der Waals surface area contributed by atoms with E-state index in [0.29, 0.717) is 11.4 Å². The topological polar surface area (TPSA) is 64.3 Å². The van der Waals surface area contributed by atoms with Gasteiger partial charge >= 0.3 is 5.97 Å². The lowest BCUT2D eigenvalue weighted by Crippen LogP contribution is -2.03. The van der Waals surface area contributed by atoms with Gasteiger partial charge in [-0.1, -0.05) is 23.8 Å². The second kappa shape index (κ2) is 6.20. The lowest BCUT2D eigenvalue weighted by molar-refractivity contribution is 0.0690. The number of aromatic carboxylic acids is 1. The number of aromatic nitrogens is 2. The minimum absolute atomic E-state index is 0.00457. The number of rotatable bonds is 4. The number of hydrogen-bond donors (Lipinski definition) is 1. The Kier molecular flexibility index (Phi) is 4.08. The molecule has 2 aromatic carbocycles. The van der Waals surface area contributed by atoms with Gasteiger partial charge in [0.25, 0.3) is 0 Å². The van der Waals surface area contributed by atoms with Crippen molar-refractivity contribution in [1.82, 2.24) is 9.78 Å². The summed E-state index contributed by atoms with van der Waals surface area (Å²) in [6, 6.07) is 15.1. The summed E-state index contributed by atoms with van der Waals surface area (Å²) < 4.78 is 7.10. The fourth-order valence-corrected chi connectivity index (χ4v) is 2.66. The molecule has 0 aliphatic carbocycles. The first-order valence-corrected chi connectivity index (χ1v) is 7.55. The molecule has 0 radical (unpaired) electrons. The number of aryl methyl sites for hydroxylation is 2. The number of carboxylic acid groups (broad SMARTS) is 1. The van der Waals surface area contributed by atoms with E-state index in [0.717, 1.165) is 22.4 Å². The third-order valence-corrected chi connectivity index (χ3v) is 3.81. The first-order chi connectivity index (χ1) is 11.5. The number of hydrogen-bond acceptors (Lipinski definition) is 3. The molecule has 24 heavy (non-hydrogen) atoms. The van der Waals surface area contributed by atoms with Gasteiger partial charge in [0.2, 0.25) is 0 Å². The van der Waals surface area contributed by atoms with Crippen molar-refractivity contribution in [2.24, 2.45) is 0 Å². The van der Waals surface area contributed by atoms with Crippen molar-refractivity contribution in [3.05, 3.63) is 65.4 Å². The summed E-state index contributed by atoms with van der Waals surface area (Å²) in [4.78, 5) is 11.4. The van der Waals surface area contributed by atoms with Gasteiger partial charge in [-0.25, -0.2) is 9.48 Å². The lowest BCUT2D eigenvalue weighted by Gasteiger charge is -2.12. The van der Waals surface area contributed by atoms with Crippen LogP contribution in [0.4, 0.5) is 0 Å². The van der Waals surface area contributed by atoms with Crippen molar-refractivity contribution in [2.45, 2.75) is 13.8 Å². The van der Waals surface area contributed by atoms with E-state index in [4.69, 9.17) is 4.74 Å². The van der Waals surface area contributed by atoms with Gasteiger partial charge in [0.1, 0.15) is 5.75 Å². The van der Waals surface area contributed by atoms with Gasteiger partial charge in [0, 0.05) is 5.56 Å². The van der Waals surface area contributed by atoms with Crippen LogP contribution in [0.2, 0.25) is 0 Å². The van der Waals surface area contributed by atoms with Crippen LogP contribution in [-0.4, -0.2) is 28.0 Å². The van der Waals surface area contributed by atoms with Crippen molar-refractivity contribution in [2.75, 3.05) is 7.11 Å². The van der Waals surface area contributed by atoms with Gasteiger partial charge in [-0.3, -0.25) is 0 Å². The summed E-state index contributed by atoms with van der Waals surface area (Å²) >= 11 is 0. The summed E-state index contributed by atoms with van der Waals surface area (Å²) in [6.07, 6.45) is 0. The number of methoxy groups -OCH3 is 1. The van der Waals surface area contributed by atoms with Crippen LogP contribution >= 0.6 is 0 Å². The van der Waals surface area contributed by atoms with Crippen LogP contribution in [0.1, 0.15) is 21.6 Å². The molecular formula is C19H18N2O3. The first-order valence-electron chi connectivity index (χ1n) is 7.55. The number of ether oxygens (including phenoxy) is 1. The molecule has 0 amide bonds. The number of carboxylic acids is 1. The van der Waals surface area contributed by atoms with Crippen LogP contribution in [0.25, 0.3) is 16.9 Å². The van der Waals surface area contributed by atoms with Gasteiger partial charge in [-0.05, 0) is 49.7 Å². The van der Waals surface area contributed by atoms with Crippen molar-refractivity contribution in [3.8, 4) is 22.7 Å². The largest absolute Gasteiger partial charge is 0.496 e. The van der Waals surface area contributed by atoms with E-state index in [-0.39, 0.29) is 5.69 Å². The molecule has 0 saturated carbocycles. The van der Waals surface area contributed by atoms with E-state index in [9.17, 15) is 9.90 Å². The lowest BCUT2D eigenvalue weighted by atomic mass is 10.1. The highest BCUT2D eigenvalue weighted by Gasteiger charge is 2.18. The number of nitrogens with zero attached hydrogens (tertiary/aromatic N) is 2.